The summed E-state index contributed by atoms with van der Waals surface area (Å²) in [7, 11) is -3.74. The Morgan fingerprint density at radius 3 is 2.68 bits per heavy atom. The molecule has 1 amide bonds. The number of aliphatic imine (C=N–C) groups is 1. The fraction of sp³-hybridized carbons (Fsp3) is 0.556. The number of carbonyl (C=O) groups is 1. The Labute approximate surface area is 183 Å². The molecule has 1 heterocycles. The molecule has 1 aromatic carbocycles. The van der Waals surface area contributed by atoms with Gasteiger partial charge in [0, 0.05) is 32.1 Å². The van der Waals surface area contributed by atoms with E-state index in [1.165, 1.54) is 18.2 Å². The number of halogens is 2. The lowest BCUT2D eigenvalue weighted by Crippen LogP contribution is -2.45. The largest absolute Gasteiger partial charge is 0.357 e. The molecular formula is C18H28FIN4O3S. The molecule has 2 rings (SSSR count). The van der Waals surface area contributed by atoms with Gasteiger partial charge in [0.05, 0.1) is 12.3 Å². The third-order valence-electron chi connectivity index (χ3n) is 4.33. The van der Waals surface area contributed by atoms with E-state index < -0.39 is 15.7 Å². The summed E-state index contributed by atoms with van der Waals surface area (Å²) in [4.78, 5) is 17.6. The van der Waals surface area contributed by atoms with Gasteiger partial charge in [-0.05, 0) is 25.5 Å². The minimum atomic E-state index is -3.74. The first-order valence-corrected chi connectivity index (χ1v) is 10.8. The maximum absolute atomic E-state index is 13.7. The van der Waals surface area contributed by atoms with Gasteiger partial charge in [0.2, 0.25) is 5.91 Å². The first-order chi connectivity index (χ1) is 12.9. The maximum atomic E-state index is 13.7. The molecule has 2 N–H and O–H groups in total. The molecule has 1 aliphatic heterocycles. The van der Waals surface area contributed by atoms with Gasteiger partial charge in [0.25, 0.3) is 0 Å². The van der Waals surface area contributed by atoms with Gasteiger partial charge in [-0.2, -0.15) is 0 Å². The van der Waals surface area contributed by atoms with Crippen molar-refractivity contribution >= 4 is 45.7 Å². The second-order valence-electron chi connectivity index (χ2n) is 6.33. The molecule has 1 aromatic rings. The van der Waals surface area contributed by atoms with Crippen LogP contribution in [0.4, 0.5) is 4.39 Å². The minimum absolute atomic E-state index is 0. The van der Waals surface area contributed by atoms with Crippen LogP contribution in [0.2, 0.25) is 0 Å². The standard InChI is InChI=1S/C18H27FN4O3S.HI/c1-3-17(24)23-11-9-14(13-23)22-18(20-4-2)21-10-12-27(25,26)16-8-6-5-7-15(16)19;/h5-8,14H,3-4,9-13H2,1-2H3,(H2,20,21,22);1H. The number of guanidine groups is 1. The number of benzene rings is 1. The number of hydrogen-bond donors (Lipinski definition) is 2. The molecule has 0 aromatic heterocycles. The lowest BCUT2D eigenvalue weighted by molar-refractivity contribution is -0.129. The summed E-state index contributed by atoms with van der Waals surface area (Å²) in [6.07, 6.45) is 1.29. The number of rotatable bonds is 7. The van der Waals surface area contributed by atoms with Crippen molar-refractivity contribution in [2.45, 2.75) is 37.6 Å². The van der Waals surface area contributed by atoms with E-state index in [0.29, 0.717) is 32.0 Å². The zero-order valence-electron chi connectivity index (χ0n) is 16.2. The topological polar surface area (TPSA) is 90.9 Å². The second-order valence-corrected chi connectivity index (χ2v) is 8.41. The molecule has 1 saturated heterocycles. The monoisotopic (exact) mass is 526 g/mol. The van der Waals surface area contributed by atoms with Crippen LogP contribution in [0.15, 0.2) is 34.2 Å². The average Bonchev–Trinajstić information content (AvgIpc) is 3.09. The van der Waals surface area contributed by atoms with E-state index in [2.05, 4.69) is 15.6 Å². The van der Waals surface area contributed by atoms with Gasteiger partial charge in [0.1, 0.15) is 10.7 Å². The quantitative estimate of drug-likeness (QED) is 0.321. The molecule has 0 spiro atoms. The van der Waals surface area contributed by atoms with E-state index in [0.717, 1.165) is 12.5 Å². The number of hydrogen-bond acceptors (Lipinski definition) is 4. The van der Waals surface area contributed by atoms with Crippen molar-refractivity contribution in [1.82, 2.24) is 15.5 Å². The highest BCUT2D eigenvalue weighted by atomic mass is 127. The lowest BCUT2D eigenvalue weighted by atomic mass is 10.3. The summed E-state index contributed by atoms with van der Waals surface area (Å²) in [5.74, 6) is -0.414. The molecular weight excluding hydrogens is 498 g/mol. The second kappa shape index (κ2) is 11.5. The van der Waals surface area contributed by atoms with Crippen molar-refractivity contribution < 1.29 is 17.6 Å². The van der Waals surface area contributed by atoms with Crippen molar-refractivity contribution in [3.63, 3.8) is 0 Å². The first-order valence-electron chi connectivity index (χ1n) is 9.17. The van der Waals surface area contributed by atoms with Crippen LogP contribution in [0.1, 0.15) is 26.7 Å². The highest BCUT2D eigenvalue weighted by Crippen LogP contribution is 2.15. The molecule has 158 valence electrons. The predicted molar refractivity (Wildman–Crippen MR) is 118 cm³/mol. The fourth-order valence-electron chi connectivity index (χ4n) is 2.93. The Morgan fingerprint density at radius 1 is 1.32 bits per heavy atom. The molecule has 28 heavy (non-hydrogen) atoms. The van der Waals surface area contributed by atoms with Crippen molar-refractivity contribution in [1.29, 1.82) is 0 Å². The van der Waals surface area contributed by atoms with Crippen molar-refractivity contribution in [3.05, 3.63) is 30.1 Å². The number of amides is 1. The minimum Gasteiger partial charge on any atom is -0.357 e. The Kier molecular flexibility index (Phi) is 10.1. The number of sulfone groups is 1. The summed E-state index contributed by atoms with van der Waals surface area (Å²) >= 11 is 0. The van der Waals surface area contributed by atoms with E-state index in [9.17, 15) is 17.6 Å². The smallest absolute Gasteiger partial charge is 0.222 e. The summed E-state index contributed by atoms with van der Waals surface area (Å²) in [5, 5.41) is 6.31. The van der Waals surface area contributed by atoms with Gasteiger partial charge in [-0.1, -0.05) is 19.1 Å². The lowest BCUT2D eigenvalue weighted by Gasteiger charge is -2.18. The summed E-state index contributed by atoms with van der Waals surface area (Å²) in [6.45, 7) is 5.68. The molecule has 7 nitrogen and oxygen atoms in total. The summed E-state index contributed by atoms with van der Waals surface area (Å²) < 4.78 is 38.3. The molecule has 1 fully saturated rings. The highest BCUT2D eigenvalue weighted by Gasteiger charge is 2.26. The molecule has 0 aliphatic carbocycles. The Balaban J connectivity index is 0.00000392. The van der Waals surface area contributed by atoms with Crippen LogP contribution in [0.25, 0.3) is 0 Å². The molecule has 10 heteroatoms. The maximum Gasteiger partial charge on any atom is 0.222 e. The van der Waals surface area contributed by atoms with Gasteiger partial charge >= 0.3 is 0 Å². The van der Waals surface area contributed by atoms with E-state index in [4.69, 9.17) is 0 Å². The van der Waals surface area contributed by atoms with E-state index in [-0.39, 0.29) is 53.1 Å². The number of nitrogens with one attached hydrogen (secondary N) is 2. The SMILES string of the molecule is CCNC(=NCCS(=O)(=O)c1ccccc1F)NC1CCN(C(=O)CC)C1.I. The van der Waals surface area contributed by atoms with Crippen LogP contribution in [-0.2, 0) is 14.6 Å². The van der Waals surface area contributed by atoms with Crippen LogP contribution in [0, 0.1) is 5.82 Å². The van der Waals surface area contributed by atoms with Crippen molar-refractivity contribution in [2.75, 3.05) is 31.9 Å². The molecule has 0 bridgehead atoms. The third-order valence-corrected chi connectivity index (χ3v) is 6.05. The molecule has 1 atom stereocenters. The van der Waals surface area contributed by atoms with Crippen LogP contribution in [-0.4, -0.2) is 63.2 Å². The molecule has 0 saturated carbocycles. The van der Waals surface area contributed by atoms with Gasteiger partial charge in [-0.25, -0.2) is 12.8 Å². The normalized spacial score (nSPS) is 17.2. The average molecular weight is 526 g/mol. The predicted octanol–water partition coefficient (Wildman–Crippen LogP) is 1.78. The van der Waals surface area contributed by atoms with Gasteiger partial charge < -0.3 is 15.5 Å². The first kappa shape index (κ1) is 24.6. The van der Waals surface area contributed by atoms with Gasteiger partial charge in [-0.3, -0.25) is 9.79 Å². The molecule has 0 radical (unpaired) electrons. The Bertz CT molecular complexity index is 789. The van der Waals surface area contributed by atoms with Crippen LogP contribution < -0.4 is 10.6 Å². The van der Waals surface area contributed by atoms with Crippen LogP contribution in [0.3, 0.4) is 0 Å². The molecule has 1 unspecified atom stereocenters. The van der Waals surface area contributed by atoms with Crippen molar-refractivity contribution in [3.8, 4) is 0 Å². The third kappa shape index (κ3) is 6.87. The number of nitrogens with zero attached hydrogens (tertiary/aromatic N) is 2. The van der Waals surface area contributed by atoms with Crippen LogP contribution in [0.5, 0.6) is 0 Å². The fourth-order valence-corrected chi connectivity index (χ4v) is 4.13. The summed E-state index contributed by atoms with van der Waals surface area (Å²) in [6, 6.07) is 5.41. The summed E-state index contributed by atoms with van der Waals surface area (Å²) in [5.41, 5.74) is 0. The van der Waals surface area contributed by atoms with E-state index in [1.807, 2.05) is 18.7 Å². The zero-order chi connectivity index (χ0) is 19.9. The van der Waals surface area contributed by atoms with Gasteiger partial charge in [0.15, 0.2) is 15.8 Å². The van der Waals surface area contributed by atoms with E-state index >= 15 is 0 Å². The highest BCUT2D eigenvalue weighted by molar-refractivity contribution is 14.0. The molecule has 1 aliphatic rings. The van der Waals surface area contributed by atoms with Crippen molar-refractivity contribution in [2.24, 2.45) is 4.99 Å². The Hall–Kier alpha value is -1.43. The zero-order valence-corrected chi connectivity index (χ0v) is 19.3. The van der Waals surface area contributed by atoms with Crippen LogP contribution >= 0.6 is 24.0 Å². The van der Waals surface area contributed by atoms with E-state index in [1.54, 1.807) is 0 Å². The number of likely N-dealkylation sites (tertiary alicyclic amines) is 1. The number of carbonyl (C=O) groups excluding carboxylic acids is 1. The Morgan fingerprint density at radius 2 is 2.04 bits per heavy atom. The van der Waals surface area contributed by atoms with Gasteiger partial charge in [-0.15, -0.1) is 24.0 Å².